The lowest BCUT2D eigenvalue weighted by molar-refractivity contribution is 0.0595. The van der Waals surface area contributed by atoms with Gasteiger partial charge in [-0.2, -0.15) is 0 Å². The molecule has 1 saturated carbocycles. The van der Waals surface area contributed by atoms with Crippen LogP contribution in [0.3, 0.4) is 0 Å². The Morgan fingerprint density at radius 1 is 1.35 bits per heavy atom. The maximum Gasteiger partial charge on any atom is 0.347 e. The van der Waals surface area contributed by atoms with Gasteiger partial charge in [0.25, 0.3) is 5.56 Å². The highest BCUT2D eigenvalue weighted by Gasteiger charge is 2.37. The van der Waals surface area contributed by atoms with E-state index in [0.717, 1.165) is 42.7 Å². The highest BCUT2D eigenvalue weighted by molar-refractivity contribution is 5.93. The molecule has 1 atom stereocenters. The fourth-order valence-corrected chi connectivity index (χ4v) is 4.36. The zero-order valence-electron chi connectivity index (χ0n) is 18.6. The van der Waals surface area contributed by atoms with E-state index in [0.29, 0.717) is 35.9 Å². The number of methoxy groups -OCH3 is 1. The van der Waals surface area contributed by atoms with Gasteiger partial charge in [-0.05, 0) is 49.1 Å². The van der Waals surface area contributed by atoms with Crippen LogP contribution < -0.4 is 10.3 Å². The lowest BCUT2D eigenvalue weighted by Gasteiger charge is -2.31. The summed E-state index contributed by atoms with van der Waals surface area (Å²) in [7, 11) is 1.19. The summed E-state index contributed by atoms with van der Waals surface area (Å²) in [6.45, 7) is 6.91. The number of nitrogens with one attached hydrogen (secondary N) is 1. The fourth-order valence-electron chi connectivity index (χ4n) is 4.36. The largest absolute Gasteiger partial charge is 0.506 e. The van der Waals surface area contributed by atoms with Crippen molar-refractivity contribution in [2.75, 3.05) is 13.7 Å². The van der Waals surface area contributed by atoms with Gasteiger partial charge in [0.1, 0.15) is 11.5 Å². The van der Waals surface area contributed by atoms with Crippen molar-refractivity contribution in [2.45, 2.75) is 64.7 Å². The van der Waals surface area contributed by atoms with Gasteiger partial charge in [0.05, 0.1) is 30.8 Å². The van der Waals surface area contributed by atoms with Crippen LogP contribution in [0.25, 0.3) is 11.4 Å². The number of H-pyrrole nitrogens is 1. The van der Waals surface area contributed by atoms with Gasteiger partial charge in [0, 0.05) is 11.5 Å². The number of carbonyl (C=O) groups excluding carboxylic acids is 1. The minimum Gasteiger partial charge on any atom is -0.506 e. The molecular weight excluding hydrogens is 396 g/mol. The summed E-state index contributed by atoms with van der Waals surface area (Å²) in [5, 5.41) is 11.0. The Hall–Kier alpha value is -2.83. The molecule has 0 aromatic carbocycles. The summed E-state index contributed by atoms with van der Waals surface area (Å²) >= 11 is 0. The molecule has 0 amide bonds. The van der Waals surface area contributed by atoms with Crippen molar-refractivity contribution in [2.24, 2.45) is 5.92 Å². The van der Waals surface area contributed by atoms with Crippen LogP contribution in [0.4, 0.5) is 0 Å². The normalized spacial score (nSPS) is 17.3. The van der Waals surface area contributed by atoms with Gasteiger partial charge in [-0.25, -0.2) is 9.78 Å². The van der Waals surface area contributed by atoms with Crippen molar-refractivity contribution in [3.63, 3.8) is 0 Å². The minimum atomic E-state index is -0.846. The molecule has 0 bridgehead atoms. The van der Waals surface area contributed by atoms with E-state index >= 15 is 0 Å². The molecule has 7 heteroatoms. The van der Waals surface area contributed by atoms with E-state index < -0.39 is 11.5 Å². The number of ether oxygens (including phenoxy) is 2. The van der Waals surface area contributed by atoms with Crippen LogP contribution >= 0.6 is 0 Å². The van der Waals surface area contributed by atoms with Crippen molar-refractivity contribution >= 4 is 5.97 Å². The van der Waals surface area contributed by atoms with E-state index in [1.807, 2.05) is 0 Å². The van der Waals surface area contributed by atoms with Crippen LogP contribution in [-0.4, -0.2) is 34.8 Å². The van der Waals surface area contributed by atoms with Crippen molar-refractivity contribution in [1.82, 2.24) is 9.97 Å². The predicted octanol–water partition coefficient (Wildman–Crippen LogP) is 4.28. The van der Waals surface area contributed by atoms with E-state index in [2.05, 4.69) is 31.8 Å². The molecule has 2 aromatic rings. The van der Waals surface area contributed by atoms with Gasteiger partial charge >= 0.3 is 5.97 Å². The van der Waals surface area contributed by atoms with Crippen molar-refractivity contribution < 1.29 is 19.4 Å². The summed E-state index contributed by atoms with van der Waals surface area (Å²) in [5.41, 5.74) is 2.62. The third-order valence-electron chi connectivity index (χ3n) is 6.28. The quantitative estimate of drug-likeness (QED) is 0.506. The number of hydrogen-bond donors (Lipinski definition) is 2. The molecule has 0 aliphatic heterocycles. The number of aromatic amines is 1. The summed E-state index contributed by atoms with van der Waals surface area (Å²) in [6, 6.07) is 2.06. The van der Waals surface area contributed by atoms with Crippen LogP contribution in [0, 0.1) is 5.92 Å². The lowest BCUT2D eigenvalue weighted by atomic mass is 9.76. The molecular formula is C24H30N2O5. The van der Waals surface area contributed by atoms with E-state index in [1.165, 1.54) is 7.11 Å². The molecule has 2 aliphatic rings. The fraction of sp³-hybridized carbons (Fsp3) is 0.542. The van der Waals surface area contributed by atoms with E-state index in [1.54, 1.807) is 0 Å². The average molecular weight is 427 g/mol. The molecule has 1 fully saturated rings. The van der Waals surface area contributed by atoms with Crippen molar-refractivity contribution in [3.8, 4) is 22.9 Å². The van der Waals surface area contributed by atoms with Gasteiger partial charge in [-0.3, -0.25) is 4.79 Å². The molecule has 7 nitrogen and oxygen atoms in total. The number of rotatable bonds is 7. The first-order chi connectivity index (χ1) is 14.9. The average Bonchev–Trinajstić information content (AvgIpc) is 3.57. The monoisotopic (exact) mass is 426 g/mol. The van der Waals surface area contributed by atoms with Crippen LogP contribution in [0.15, 0.2) is 10.9 Å². The molecule has 0 saturated heterocycles. The molecule has 2 heterocycles. The molecule has 166 valence electrons. The van der Waals surface area contributed by atoms with Gasteiger partial charge in [-0.15, -0.1) is 0 Å². The maximum absolute atomic E-state index is 12.7. The maximum atomic E-state index is 12.7. The smallest absolute Gasteiger partial charge is 0.347 e. The van der Waals surface area contributed by atoms with Gasteiger partial charge in [0.15, 0.2) is 5.56 Å². The summed E-state index contributed by atoms with van der Waals surface area (Å²) in [6.07, 6.45) is 4.82. The third kappa shape index (κ3) is 3.82. The Labute approximate surface area is 181 Å². The Kier molecular flexibility index (Phi) is 5.77. The molecule has 2 aromatic heterocycles. The zero-order chi connectivity index (χ0) is 22.3. The van der Waals surface area contributed by atoms with Crippen LogP contribution in [-0.2, 0) is 11.2 Å². The molecule has 1 unspecified atom stereocenters. The molecule has 2 N–H and O–H groups in total. The van der Waals surface area contributed by atoms with Gasteiger partial charge < -0.3 is 19.6 Å². The first kappa shape index (κ1) is 21.4. The van der Waals surface area contributed by atoms with Gasteiger partial charge in [0.2, 0.25) is 0 Å². The second-order valence-corrected chi connectivity index (χ2v) is 8.87. The third-order valence-corrected chi connectivity index (χ3v) is 6.28. The van der Waals surface area contributed by atoms with Gasteiger partial charge in [-0.1, -0.05) is 27.2 Å². The number of aromatic nitrogens is 2. The second-order valence-electron chi connectivity index (χ2n) is 8.87. The number of fused-ring (bicyclic) bond motifs is 3. The first-order valence-corrected chi connectivity index (χ1v) is 11.1. The number of esters is 1. The van der Waals surface area contributed by atoms with Crippen molar-refractivity contribution in [1.29, 1.82) is 0 Å². The Morgan fingerprint density at radius 2 is 2.10 bits per heavy atom. The lowest BCUT2D eigenvalue weighted by Crippen LogP contribution is -2.26. The molecule has 31 heavy (non-hydrogen) atoms. The highest BCUT2D eigenvalue weighted by Crippen LogP contribution is 2.49. The van der Waals surface area contributed by atoms with E-state index in [4.69, 9.17) is 14.5 Å². The number of nitrogens with zero attached hydrogens (tertiary/aromatic N) is 1. The molecule has 0 spiro atoms. The Morgan fingerprint density at radius 3 is 2.71 bits per heavy atom. The van der Waals surface area contributed by atoms with E-state index in [9.17, 15) is 14.7 Å². The first-order valence-electron chi connectivity index (χ1n) is 11.1. The van der Waals surface area contributed by atoms with Crippen LogP contribution in [0.2, 0.25) is 0 Å². The standard InChI is InChI=1S/C24H30N2O5/c1-5-6-9-31-16-11-14-10-15(12(2)3)17-21(20(14)25-19(16)13-7-8-13)26-23(28)18(22(17)27)24(29)30-4/h11-13,15H,5-10H2,1-4H3,(H2,26,27,28). The molecule has 4 rings (SSSR count). The number of aromatic hydroxyl groups is 1. The summed E-state index contributed by atoms with van der Waals surface area (Å²) < 4.78 is 10.8. The number of carbonyl (C=O) groups is 1. The number of unbranched alkanes of at least 4 members (excludes halogenated alkanes) is 1. The van der Waals surface area contributed by atoms with Crippen LogP contribution in [0.5, 0.6) is 11.5 Å². The second kappa shape index (κ2) is 8.36. The number of pyridine rings is 2. The predicted molar refractivity (Wildman–Crippen MR) is 117 cm³/mol. The van der Waals surface area contributed by atoms with Crippen molar-refractivity contribution in [3.05, 3.63) is 38.8 Å². The number of hydrogen-bond acceptors (Lipinski definition) is 6. The SMILES string of the molecule is CCCCOc1cc2c(nc1C1CC1)-c1[nH]c(=O)c(C(=O)OC)c(O)c1C(C(C)C)C2. The molecule has 0 radical (unpaired) electrons. The summed E-state index contributed by atoms with van der Waals surface area (Å²) in [4.78, 5) is 32.6. The minimum absolute atomic E-state index is 0.0835. The Bertz CT molecular complexity index is 1070. The summed E-state index contributed by atoms with van der Waals surface area (Å²) in [5.74, 6) is 0.136. The van der Waals surface area contributed by atoms with Crippen LogP contribution in [0.1, 0.15) is 85.5 Å². The highest BCUT2D eigenvalue weighted by atomic mass is 16.5. The zero-order valence-corrected chi connectivity index (χ0v) is 18.6. The topological polar surface area (TPSA) is 102 Å². The molecule has 2 aliphatic carbocycles. The van der Waals surface area contributed by atoms with E-state index in [-0.39, 0.29) is 23.1 Å². The Balaban J connectivity index is 1.91.